The number of hydrogen-bond acceptors (Lipinski definition) is 3. The van der Waals surface area contributed by atoms with Crippen molar-refractivity contribution in [1.82, 2.24) is 9.97 Å². The van der Waals surface area contributed by atoms with E-state index < -0.39 is 0 Å². The van der Waals surface area contributed by atoms with Gasteiger partial charge >= 0.3 is 0 Å². The Morgan fingerprint density at radius 2 is 1.95 bits per heavy atom. The lowest BCUT2D eigenvalue weighted by Crippen LogP contribution is -1.86. The number of thiophene rings is 1. The van der Waals surface area contributed by atoms with Gasteiger partial charge in [-0.1, -0.05) is 30.4 Å². The maximum absolute atomic E-state index is 5.42. The monoisotopic (exact) mass is 286 g/mol. The first kappa shape index (κ1) is 12.5. The molecule has 0 aliphatic heterocycles. The smallest absolute Gasteiger partial charge is 0.128 e. The molecule has 2 aromatic heterocycles. The van der Waals surface area contributed by atoms with Gasteiger partial charge in [0.2, 0.25) is 0 Å². The maximum atomic E-state index is 5.42. The quantitative estimate of drug-likeness (QED) is 0.641. The van der Waals surface area contributed by atoms with Gasteiger partial charge in [-0.25, -0.2) is 4.98 Å². The average Bonchev–Trinajstić information content (AvgIpc) is 2.70. The molecule has 96 valence electrons. The van der Waals surface area contributed by atoms with E-state index in [-0.39, 0.29) is 0 Å². The summed E-state index contributed by atoms with van der Waals surface area (Å²) in [5.41, 5.74) is 5.05. The van der Waals surface area contributed by atoms with E-state index in [1.165, 1.54) is 27.1 Å². The van der Waals surface area contributed by atoms with Crippen molar-refractivity contribution in [3.63, 3.8) is 0 Å². The standard InChI is InChI=1S/C15H14N2S2/c1-8-4-5-11(6-9(8)2)12-10(3)19-15-13(12)14(18)16-7-17-15/h4-7H,1-3H3,(H,16,17,18). The highest BCUT2D eigenvalue weighted by atomic mass is 32.1. The summed E-state index contributed by atoms with van der Waals surface area (Å²) in [6.45, 7) is 6.40. The molecule has 0 bridgehead atoms. The molecule has 3 aromatic rings. The average molecular weight is 286 g/mol. The van der Waals surface area contributed by atoms with Crippen LogP contribution in [0.5, 0.6) is 0 Å². The van der Waals surface area contributed by atoms with E-state index in [0.29, 0.717) is 0 Å². The molecule has 0 unspecified atom stereocenters. The van der Waals surface area contributed by atoms with Gasteiger partial charge in [0.25, 0.3) is 0 Å². The van der Waals surface area contributed by atoms with Gasteiger partial charge in [-0.3, -0.25) is 0 Å². The van der Waals surface area contributed by atoms with E-state index in [0.717, 1.165) is 14.9 Å². The molecule has 1 aromatic carbocycles. The molecular formula is C15H14N2S2. The van der Waals surface area contributed by atoms with E-state index in [2.05, 4.69) is 48.9 Å². The first-order valence-electron chi connectivity index (χ1n) is 6.12. The number of H-pyrrole nitrogens is 1. The Morgan fingerprint density at radius 3 is 2.68 bits per heavy atom. The number of aromatic nitrogens is 2. The molecule has 1 N–H and O–H groups in total. The van der Waals surface area contributed by atoms with Crippen molar-refractivity contribution in [1.29, 1.82) is 0 Å². The third-order valence-electron chi connectivity index (χ3n) is 3.47. The number of aryl methyl sites for hydroxylation is 3. The predicted octanol–water partition coefficient (Wildman–Crippen LogP) is 4.95. The van der Waals surface area contributed by atoms with E-state index in [4.69, 9.17) is 12.2 Å². The van der Waals surface area contributed by atoms with Gasteiger partial charge in [-0.2, -0.15) is 0 Å². The number of hydrogen-bond donors (Lipinski definition) is 1. The highest BCUT2D eigenvalue weighted by molar-refractivity contribution is 7.71. The molecule has 0 amide bonds. The lowest BCUT2D eigenvalue weighted by molar-refractivity contribution is 1.22. The van der Waals surface area contributed by atoms with Gasteiger partial charge in [0.1, 0.15) is 9.47 Å². The van der Waals surface area contributed by atoms with Crippen LogP contribution in [0, 0.1) is 25.4 Å². The number of rotatable bonds is 1. The van der Waals surface area contributed by atoms with Crippen LogP contribution in [0.2, 0.25) is 0 Å². The van der Waals surface area contributed by atoms with Crippen LogP contribution in [0.3, 0.4) is 0 Å². The third kappa shape index (κ3) is 2.01. The Balaban J connectivity index is 2.39. The molecule has 0 saturated carbocycles. The largest absolute Gasteiger partial charge is 0.337 e. The zero-order chi connectivity index (χ0) is 13.6. The zero-order valence-electron chi connectivity index (χ0n) is 11.1. The molecule has 0 radical (unpaired) electrons. The number of nitrogens with zero attached hydrogens (tertiary/aromatic N) is 1. The van der Waals surface area contributed by atoms with Crippen molar-refractivity contribution in [3.05, 3.63) is 45.2 Å². The zero-order valence-corrected chi connectivity index (χ0v) is 12.7. The molecule has 0 saturated heterocycles. The van der Waals surface area contributed by atoms with E-state index in [9.17, 15) is 0 Å². The predicted molar refractivity (Wildman–Crippen MR) is 84.5 cm³/mol. The van der Waals surface area contributed by atoms with Crippen LogP contribution in [0.1, 0.15) is 16.0 Å². The molecule has 0 aliphatic carbocycles. The van der Waals surface area contributed by atoms with Crippen molar-refractivity contribution >= 4 is 33.8 Å². The van der Waals surface area contributed by atoms with Gasteiger partial charge in [0, 0.05) is 10.4 Å². The fraction of sp³-hybridized carbons (Fsp3) is 0.200. The van der Waals surface area contributed by atoms with Gasteiger partial charge < -0.3 is 4.98 Å². The summed E-state index contributed by atoms with van der Waals surface area (Å²) >= 11 is 7.12. The van der Waals surface area contributed by atoms with E-state index in [1.807, 2.05) is 0 Å². The second kappa shape index (κ2) is 4.54. The minimum absolute atomic E-state index is 0.766. The van der Waals surface area contributed by atoms with E-state index in [1.54, 1.807) is 17.7 Å². The summed E-state index contributed by atoms with van der Waals surface area (Å²) in [5.74, 6) is 0. The molecule has 3 rings (SSSR count). The van der Waals surface area contributed by atoms with Crippen molar-refractivity contribution in [2.24, 2.45) is 0 Å². The fourth-order valence-electron chi connectivity index (χ4n) is 2.30. The van der Waals surface area contributed by atoms with Crippen LogP contribution in [-0.2, 0) is 0 Å². The summed E-state index contributed by atoms with van der Waals surface area (Å²) in [6, 6.07) is 6.56. The Morgan fingerprint density at radius 1 is 1.16 bits per heavy atom. The Kier molecular flexibility index (Phi) is 2.99. The highest BCUT2D eigenvalue weighted by Gasteiger charge is 2.13. The summed E-state index contributed by atoms with van der Waals surface area (Å²) < 4.78 is 0.766. The Hall–Kier alpha value is -1.52. The second-order valence-corrected chi connectivity index (χ2v) is 6.36. The van der Waals surface area contributed by atoms with Crippen LogP contribution < -0.4 is 0 Å². The second-order valence-electron chi connectivity index (χ2n) is 4.74. The molecule has 2 nitrogen and oxygen atoms in total. The lowest BCUT2D eigenvalue weighted by Gasteiger charge is -2.06. The van der Waals surface area contributed by atoms with Crippen LogP contribution in [-0.4, -0.2) is 9.97 Å². The minimum atomic E-state index is 0.766. The summed E-state index contributed by atoms with van der Waals surface area (Å²) in [6.07, 6.45) is 1.67. The van der Waals surface area contributed by atoms with Crippen molar-refractivity contribution in [3.8, 4) is 11.1 Å². The van der Waals surface area contributed by atoms with Crippen LogP contribution in [0.25, 0.3) is 21.3 Å². The lowest BCUT2D eigenvalue weighted by atomic mass is 9.99. The van der Waals surface area contributed by atoms with Crippen molar-refractivity contribution in [2.75, 3.05) is 0 Å². The molecule has 0 spiro atoms. The molecule has 19 heavy (non-hydrogen) atoms. The van der Waals surface area contributed by atoms with Gasteiger partial charge in [0.15, 0.2) is 0 Å². The van der Waals surface area contributed by atoms with Crippen LogP contribution >= 0.6 is 23.6 Å². The number of nitrogens with one attached hydrogen (secondary N) is 1. The van der Waals surface area contributed by atoms with Gasteiger partial charge in [-0.15, -0.1) is 11.3 Å². The van der Waals surface area contributed by atoms with Crippen molar-refractivity contribution in [2.45, 2.75) is 20.8 Å². The molecule has 0 atom stereocenters. The topological polar surface area (TPSA) is 28.7 Å². The SMILES string of the molecule is Cc1ccc(-c2c(C)sc3nc[nH]c(=S)c23)cc1C. The number of fused-ring (bicyclic) bond motifs is 1. The van der Waals surface area contributed by atoms with Gasteiger partial charge in [0.05, 0.1) is 11.7 Å². The Bertz CT molecular complexity index is 828. The summed E-state index contributed by atoms with van der Waals surface area (Å²) in [4.78, 5) is 9.69. The Labute approximate surface area is 121 Å². The first-order valence-corrected chi connectivity index (χ1v) is 7.35. The van der Waals surface area contributed by atoms with Crippen LogP contribution in [0.4, 0.5) is 0 Å². The summed E-state index contributed by atoms with van der Waals surface area (Å²) in [7, 11) is 0. The molecule has 2 heterocycles. The molecule has 0 aliphatic rings. The molecule has 0 fully saturated rings. The summed E-state index contributed by atoms with van der Waals surface area (Å²) in [5, 5.41) is 1.07. The highest BCUT2D eigenvalue weighted by Crippen LogP contribution is 2.37. The minimum Gasteiger partial charge on any atom is -0.337 e. The molecule has 4 heteroatoms. The first-order chi connectivity index (χ1) is 9.08. The number of aromatic amines is 1. The number of benzene rings is 1. The molecular weight excluding hydrogens is 272 g/mol. The fourth-order valence-corrected chi connectivity index (χ4v) is 3.64. The maximum Gasteiger partial charge on any atom is 0.128 e. The van der Waals surface area contributed by atoms with Crippen LogP contribution in [0.15, 0.2) is 24.5 Å². The third-order valence-corrected chi connectivity index (χ3v) is 4.80. The van der Waals surface area contributed by atoms with E-state index >= 15 is 0 Å². The normalized spacial score (nSPS) is 11.1. The van der Waals surface area contributed by atoms with Gasteiger partial charge in [-0.05, 0) is 37.5 Å². The van der Waals surface area contributed by atoms with Crippen molar-refractivity contribution < 1.29 is 0 Å².